The molecule has 1 aromatic heterocycles. The summed E-state index contributed by atoms with van der Waals surface area (Å²) in [5, 5.41) is 0. The molecular formula is C10H14N2O. The summed E-state index contributed by atoms with van der Waals surface area (Å²) in [6, 6.07) is 3.55. The third-order valence-electron chi connectivity index (χ3n) is 1.57. The van der Waals surface area contributed by atoms with Crippen LogP contribution in [0, 0.1) is 0 Å². The molecule has 1 aromatic rings. The molecule has 0 aliphatic rings. The molecule has 0 saturated heterocycles. The first-order chi connectivity index (χ1) is 6.20. The molecule has 0 spiro atoms. The molecule has 3 nitrogen and oxygen atoms in total. The number of nitrogens with zero attached hydrogens (tertiary/aromatic N) is 1. The number of rotatable bonds is 4. The molecule has 0 saturated carbocycles. The smallest absolute Gasteiger partial charge is 0.237 e. The second-order valence-electron chi connectivity index (χ2n) is 2.95. The highest BCUT2D eigenvalue weighted by Gasteiger charge is 1.98. The van der Waals surface area contributed by atoms with E-state index in [9.17, 15) is 0 Å². The highest BCUT2D eigenvalue weighted by Crippen LogP contribution is 2.16. The Morgan fingerprint density at radius 2 is 2.46 bits per heavy atom. The molecule has 0 aliphatic carbocycles. The number of ether oxygens (including phenoxy) is 1. The van der Waals surface area contributed by atoms with Crippen molar-refractivity contribution in [2.45, 2.75) is 13.3 Å². The largest absolute Gasteiger partial charge is 0.476 e. The summed E-state index contributed by atoms with van der Waals surface area (Å²) in [5.74, 6) is 0.503. The quantitative estimate of drug-likeness (QED) is 0.717. The van der Waals surface area contributed by atoms with Crippen molar-refractivity contribution < 1.29 is 4.74 Å². The van der Waals surface area contributed by atoms with Gasteiger partial charge in [0.1, 0.15) is 0 Å². The molecule has 0 bridgehead atoms. The van der Waals surface area contributed by atoms with Gasteiger partial charge in [0, 0.05) is 12.6 Å². The van der Waals surface area contributed by atoms with Crippen LogP contribution in [0.25, 0.3) is 0 Å². The first kappa shape index (κ1) is 9.58. The van der Waals surface area contributed by atoms with E-state index < -0.39 is 0 Å². The zero-order valence-corrected chi connectivity index (χ0v) is 7.79. The molecule has 13 heavy (non-hydrogen) atoms. The first-order valence-corrected chi connectivity index (χ1v) is 4.18. The molecule has 3 heteroatoms. The van der Waals surface area contributed by atoms with Gasteiger partial charge in [0.15, 0.2) is 0 Å². The number of aromatic nitrogens is 1. The van der Waals surface area contributed by atoms with Crippen molar-refractivity contribution in [3.8, 4) is 5.88 Å². The Balaban J connectivity index is 2.45. The molecule has 0 fully saturated rings. The van der Waals surface area contributed by atoms with Gasteiger partial charge in [-0.2, -0.15) is 0 Å². The first-order valence-electron chi connectivity index (χ1n) is 4.18. The highest BCUT2D eigenvalue weighted by atomic mass is 16.5. The Morgan fingerprint density at radius 1 is 1.69 bits per heavy atom. The van der Waals surface area contributed by atoms with E-state index in [-0.39, 0.29) is 0 Å². The van der Waals surface area contributed by atoms with Crippen LogP contribution in [-0.4, -0.2) is 11.6 Å². The fraction of sp³-hybridized carbons (Fsp3) is 0.300. The monoisotopic (exact) mass is 178 g/mol. The summed E-state index contributed by atoms with van der Waals surface area (Å²) in [4.78, 5) is 4.00. The van der Waals surface area contributed by atoms with E-state index >= 15 is 0 Å². The number of hydrogen-bond donors (Lipinski definition) is 1. The highest BCUT2D eigenvalue weighted by molar-refractivity contribution is 5.46. The molecule has 2 N–H and O–H groups in total. The lowest BCUT2D eigenvalue weighted by atomic mass is 10.3. The molecule has 1 rings (SSSR count). The van der Waals surface area contributed by atoms with Crippen molar-refractivity contribution in [2.24, 2.45) is 0 Å². The van der Waals surface area contributed by atoms with Gasteiger partial charge in [0.25, 0.3) is 0 Å². The van der Waals surface area contributed by atoms with E-state index in [2.05, 4.69) is 11.6 Å². The summed E-state index contributed by atoms with van der Waals surface area (Å²) in [7, 11) is 0. The van der Waals surface area contributed by atoms with E-state index in [1.807, 2.05) is 6.92 Å². The molecular weight excluding hydrogens is 164 g/mol. The molecule has 0 unspecified atom stereocenters. The van der Waals surface area contributed by atoms with Crippen LogP contribution < -0.4 is 10.5 Å². The van der Waals surface area contributed by atoms with Crippen molar-refractivity contribution in [3.63, 3.8) is 0 Å². The Bertz CT molecular complexity index is 297. The zero-order chi connectivity index (χ0) is 9.68. The van der Waals surface area contributed by atoms with Gasteiger partial charge in [-0.3, -0.25) is 0 Å². The minimum atomic E-state index is 0.503. The van der Waals surface area contributed by atoms with Crippen LogP contribution in [0.15, 0.2) is 30.5 Å². The van der Waals surface area contributed by atoms with Crippen LogP contribution in [0.1, 0.15) is 13.3 Å². The Morgan fingerprint density at radius 3 is 3.08 bits per heavy atom. The van der Waals surface area contributed by atoms with Gasteiger partial charge in [-0.1, -0.05) is 5.57 Å². The Kier molecular flexibility index (Phi) is 3.31. The Hall–Kier alpha value is -1.51. The molecule has 0 amide bonds. The van der Waals surface area contributed by atoms with Gasteiger partial charge >= 0.3 is 0 Å². The number of nitrogen functional groups attached to an aromatic ring is 1. The lowest BCUT2D eigenvalue weighted by Crippen LogP contribution is -2.01. The molecule has 1 heterocycles. The minimum Gasteiger partial charge on any atom is -0.476 e. The van der Waals surface area contributed by atoms with Gasteiger partial charge in [-0.05, 0) is 19.1 Å². The van der Waals surface area contributed by atoms with Crippen molar-refractivity contribution in [3.05, 3.63) is 30.5 Å². The Labute approximate surface area is 78.2 Å². The van der Waals surface area contributed by atoms with Crippen molar-refractivity contribution in [1.82, 2.24) is 4.98 Å². The second kappa shape index (κ2) is 4.50. The summed E-state index contributed by atoms with van der Waals surface area (Å²) in [6.07, 6.45) is 2.49. The number of anilines is 1. The predicted molar refractivity (Wildman–Crippen MR) is 53.6 cm³/mol. The number of hydrogen-bond acceptors (Lipinski definition) is 3. The maximum absolute atomic E-state index is 5.63. The van der Waals surface area contributed by atoms with Gasteiger partial charge in [-0.25, -0.2) is 4.98 Å². The third-order valence-corrected chi connectivity index (χ3v) is 1.57. The van der Waals surface area contributed by atoms with Crippen LogP contribution in [0.3, 0.4) is 0 Å². The normalized spacial score (nSPS) is 9.62. The zero-order valence-electron chi connectivity index (χ0n) is 7.79. The van der Waals surface area contributed by atoms with E-state index in [0.29, 0.717) is 18.2 Å². The van der Waals surface area contributed by atoms with Gasteiger partial charge in [-0.15, -0.1) is 6.58 Å². The SMILES string of the molecule is C=C(C)CCOc1ncccc1N. The number of pyridine rings is 1. The average molecular weight is 178 g/mol. The van der Waals surface area contributed by atoms with Crippen molar-refractivity contribution >= 4 is 5.69 Å². The lowest BCUT2D eigenvalue weighted by molar-refractivity contribution is 0.311. The van der Waals surface area contributed by atoms with E-state index in [4.69, 9.17) is 10.5 Å². The summed E-state index contributed by atoms with van der Waals surface area (Å²) >= 11 is 0. The van der Waals surface area contributed by atoms with Gasteiger partial charge in [0.05, 0.1) is 12.3 Å². The molecule has 70 valence electrons. The van der Waals surface area contributed by atoms with Crippen LogP contribution >= 0.6 is 0 Å². The molecule has 0 radical (unpaired) electrons. The van der Waals surface area contributed by atoms with E-state index in [1.165, 1.54) is 0 Å². The lowest BCUT2D eigenvalue weighted by Gasteiger charge is -2.06. The maximum Gasteiger partial charge on any atom is 0.237 e. The minimum absolute atomic E-state index is 0.503. The van der Waals surface area contributed by atoms with E-state index in [1.54, 1.807) is 18.3 Å². The third kappa shape index (κ3) is 3.15. The fourth-order valence-electron chi connectivity index (χ4n) is 0.846. The summed E-state index contributed by atoms with van der Waals surface area (Å²) in [6.45, 7) is 6.32. The van der Waals surface area contributed by atoms with Crippen molar-refractivity contribution in [1.29, 1.82) is 0 Å². The van der Waals surface area contributed by atoms with Gasteiger partial charge < -0.3 is 10.5 Å². The number of nitrogens with two attached hydrogens (primary N) is 1. The molecule has 0 aliphatic heterocycles. The molecule has 0 atom stereocenters. The van der Waals surface area contributed by atoms with E-state index in [0.717, 1.165) is 12.0 Å². The summed E-state index contributed by atoms with van der Waals surface area (Å²) in [5.41, 5.74) is 7.29. The molecule has 0 aromatic carbocycles. The summed E-state index contributed by atoms with van der Waals surface area (Å²) < 4.78 is 5.35. The second-order valence-corrected chi connectivity index (χ2v) is 2.95. The standard InChI is InChI=1S/C10H14N2O/c1-8(2)5-7-13-10-9(11)4-3-6-12-10/h3-4,6H,1,5,7,11H2,2H3. The average Bonchev–Trinajstić information content (AvgIpc) is 2.08. The predicted octanol–water partition coefficient (Wildman–Crippen LogP) is 2.01. The van der Waals surface area contributed by atoms with Gasteiger partial charge in [0.2, 0.25) is 5.88 Å². The van der Waals surface area contributed by atoms with Crippen LogP contribution in [0.2, 0.25) is 0 Å². The maximum atomic E-state index is 5.63. The van der Waals surface area contributed by atoms with Crippen LogP contribution in [0.5, 0.6) is 5.88 Å². The van der Waals surface area contributed by atoms with Crippen molar-refractivity contribution in [2.75, 3.05) is 12.3 Å². The topological polar surface area (TPSA) is 48.1 Å². The fourth-order valence-corrected chi connectivity index (χ4v) is 0.846. The van der Waals surface area contributed by atoms with Crippen LogP contribution in [-0.2, 0) is 0 Å². The van der Waals surface area contributed by atoms with Crippen LogP contribution in [0.4, 0.5) is 5.69 Å².